The van der Waals surface area contributed by atoms with Gasteiger partial charge in [-0.3, -0.25) is 0 Å². The summed E-state index contributed by atoms with van der Waals surface area (Å²) < 4.78 is 12.5. The molecule has 0 saturated carbocycles. The van der Waals surface area contributed by atoms with Crippen LogP contribution in [0.25, 0.3) is 0 Å². The van der Waals surface area contributed by atoms with Crippen molar-refractivity contribution in [3.63, 3.8) is 0 Å². The molecule has 1 heterocycles. The molecule has 0 aromatic heterocycles. The zero-order valence-corrected chi connectivity index (χ0v) is 22.0. The molecule has 1 N–H and O–H groups in total. The molecule has 0 spiro atoms. The molecule has 4 nitrogen and oxygen atoms in total. The number of hydrogen-bond acceptors (Lipinski definition) is 3. The van der Waals surface area contributed by atoms with Crippen molar-refractivity contribution in [1.29, 1.82) is 0 Å². The molecule has 0 radical (unpaired) electrons. The predicted molar refractivity (Wildman–Crippen MR) is 138 cm³/mol. The van der Waals surface area contributed by atoms with E-state index in [0.29, 0.717) is 15.8 Å². The molecule has 0 unspecified atom stereocenters. The molecular formula is C28H34Cl2O4. The fourth-order valence-electron chi connectivity index (χ4n) is 4.69. The Morgan fingerprint density at radius 2 is 1.94 bits per heavy atom. The number of rotatable bonds is 7. The van der Waals surface area contributed by atoms with Crippen molar-refractivity contribution in [3.8, 4) is 5.75 Å². The van der Waals surface area contributed by atoms with Gasteiger partial charge in [-0.05, 0) is 60.6 Å². The van der Waals surface area contributed by atoms with Gasteiger partial charge in [-0.2, -0.15) is 0 Å². The summed E-state index contributed by atoms with van der Waals surface area (Å²) in [5, 5.41) is 10.3. The van der Waals surface area contributed by atoms with E-state index in [0.717, 1.165) is 35.1 Å². The first-order valence-electron chi connectivity index (χ1n) is 11.7. The standard InChI is InChI=1S/C28H34Cl2O4/c1-7-24-21(17-9-8-10-19(29)11-17)14-20(16(2)3)26(34-24)22-12-18(28(4,5)6)13-23(30)27(22)33-15-25(31)32/h8-13,20-21,24,26H,2,7,14-15H2,1,3-6H3,(H,31,32)/t20-,21-,24+,26+/m1/s1. The van der Waals surface area contributed by atoms with Gasteiger partial charge in [-0.25, -0.2) is 4.79 Å². The molecule has 4 atom stereocenters. The summed E-state index contributed by atoms with van der Waals surface area (Å²) in [4.78, 5) is 11.3. The van der Waals surface area contributed by atoms with E-state index in [-0.39, 0.29) is 29.5 Å². The van der Waals surface area contributed by atoms with Crippen LogP contribution < -0.4 is 4.74 Å². The molecule has 2 aromatic carbocycles. The van der Waals surface area contributed by atoms with E-state index in [1.54, 1.807) is 0 Å². The number of hydrogen-bond donors (Lipinski definition) is 1. The molecule has 0 amide bonds. The van der Waals surface area contributed by atoms with Gasteiger partial charge in [-0.15, -0.1) is 0 Å². The normalized spacial score (nSPS) is 22.9. The van der Waals surface area contributed by atoms with Gasteiger partial charge < -0.3 is 14.6 Å². The lowest BCUT2D eigenvalue weighted by atomic mass is 9.74. The van der Waals surface area contributed by atoms with Gasteiger partial charge in [0, 0.05) is 22.4 Å². The highest BCUT2D eigenvalue weighted by Gasteiger charge is 2.41. The van der Waals surface area contributed by atoms with Crippen LogP contribution in [-0.4, -0.2) is 23.8 Å². The number of carboxylic acid groups (broad SMARTS) is 1. The van der Waals surface area contributed by atoms with Gasteiger partial charge in [0.15, 0.2) is 6.61 Å². The van der Waals surface area contributed by atoms with E-state index in [9.17, 15) is 9.90 Å². The summed E-state index contributed by atoms with van der Waals surface area (Å²) in [6, 6.07) is 11.9. The number of aliphatic carboxylic acids is 1. The largest absolute Gasteiger partial charge is 0.480 e. The van der Waals surface area contributed by atoms with Crippen molar-refractivity contribution in [1.82, 2.24) is 0 Å². The number of ether oxygens (including phenoxy) is 2. The number of carboxylic acids is 1. The minimum absolute atomic E-state index is 0.00903. The highest BCUT2D eigenvalue weighted by atomic mass is 35.5. The highest BCUT2D eigenvalue weighted by Crippen LogP contribution is 2.50. The van der Waals surface area contributed by atoms with Crippen LogP contribution in [0.5, 0.6) is 5.75 Å². The number of benzene rings is 2. The minimum atomic E-state index is -1.06. The molecule has 1 aliphatic rings. The molecule has 34 heavy (non-hydrogen) atoms. The smallest absolute Gasteiger partial charge is 0.341 e. The van der Waals surface area contributed by atoms with Crippen LogP contribution in [0, 0.1) is 5.92 Å². The summed E-state index contributed by atoms with van der Waals surface area (Å²) in [5.74, 6) is -0.545. The Morgan fingerprint density at radius 3 is 2.50 bits per heavy atom. The Hall–Kier alpha value is -2.01. The van der Waals surface area contributed by atoms with Gasteiger partial charge in [0.25, 0.3) is 0 Å². The third-order valence-corrected chi connectivity index (χ3v) is 7.06. The maximum Gasteiger partial charge on any atom is 0.341 e. The van der Waals surface area contributed by atoms with E-state index in [4.69, 9.17) is 32.7 Å². The molecule has 0 aliphatic carbocycles. The van der Waals surface area contributed by atoms with Crippen molar-refractivity contribution in [2.24, 2.45) is 5.92 Å². The van der Waals surface area contributed by atoms with Crippen LogP contribution in [0.2, 0.25) is 10.0 Å². The maximum absolute atomic E-state index is 11.3. The van der Waals surface area contributed by atoms with Gasteiger partial charge >= 0.3 is 5.97 Å². The van der Waals surface area contributed by atoms with Crippen LogP contribution in [-0.2, 0) is 14.9 Å². The second-order valence-corrected chi connectivity index (χ2v) is 11.0. The van der Waals surface area contributed by atoms with Crippen LogP contribution in [0.15, 0.2) is 48.6 Å². The van der Waals surface area contributed by atoms with Crippen molar-refractivity contribution in [2.75, 3.05) is 6.61 Å². The lowest BCUT2D eigenvalue weighted by Crippen LogP contribution is -2.36. The second kappa shape index (κ2) is 10.7. The lowest BCUT2D eigenvalue weighted by molar-refractivity contribution is -0.139. The third-order valence-electron chi connectivity index (χ3n) is 6.54. The maximum atomic E-state index is 11.3. The van der Waals surface area contributed by atoms with Gasteiger partial charge in [-0.1, -0.05) is 75.2 Å². The van der Waals surface area contributed by atoms with Crippen molar-refractivity contribution >= 4 is 29.2 Å². The van der Waals surface area contributed by atoms with Crippen molar-refractivity contribution in [2.45, 2.75) is 71.0 Å². The molecule has 184 valence electrons. The molecule has 3 rings (SSSR count). The van der Waals surface area contributed by atoms with E-state index < -0.39 is 12.6 Å². The molecule has 2 aromatic rings. The highest BCUT2D eigenvalue weighted by molar-refractivity contribution is 6.32. The van der Waals surface area contributed by atoms with Gasteiger partial charge in [0.2, 0.25) is 0 Å². The van der Waals surface area contributed by atoms with E-state index in [1.165, 1.54) is 0 Å². The first-order chi connectivity index (χ1) is 15.9. The average Bonchev–Trinajstić information content (AvgIpc) is 2.76. The molecule has 6 heteroatoms. The zero-order chi connectivity index (χ0) is 25.2. The number of halogens is 2. The first-order valence-corrected chi connectivity index (χ1v) is 12.4. The van der Waals surface area contributed by atoms with Crippen LogP contribution >= 0.6 is 23.2 Å². The Kier molecular flexibility index (Phi) is 8.38. The topological polar surface area (TPSA) is 55.8 Å². The summed E-state index contributed by atoms with van der Waals surface area (Å²) in [7, 11) is 0. The summed E-state index contributed by atoms with van der Waals surface area (Å²) in [5.41, 5.74) is 3.78. The molecule has 1 fully saturated rings. The van der Waals surface area contributed by atoms with E-state index in [2.05, 4.69) is 46.4 Å². The van der Waals surface area contributed by atoms with E-state index in [1.807, 2.05) is 31.2 Å². The third kappa shape index (κ3) is 5.97. The SMILES string of the molecule is C=C(C)[C@H]1C[C@H](c2cccc(Cl)c2)[C@H](CC)O[C@@H]1c1cc(C(C)(C)C)cc(Cl)c1OCC(=O)O. The molecular weight excluding hydrogens is 471 g/mol. The zero-order valence-electron chi connectivity index (χ0n) is 20.5. The predicted octanol–water partition coefficient (Wildman–Crippen LogP) is 7.97. The monoisotopic (exact) mass is 504 g/mol. The van der Waals surface area contributed by atoms with Crippen LogP contribution in [0.1, 0.15) is 76.2 Å². The van der Waals surface area contributed by atoms with Crippen molar-refractivity contribution in [3.05, 3.63) is 75.3 Å². The molecule has 1 saturated heterocycles. The summed E-state index contributed by atoms with van der Waals surface area (Å²) in [6.07, 6.45) is 1.23. The van der Waals surface area contributed by atoms with Crippen molar-refractivity contribution < 1.29 is 19.4 Å². The average molecular weight is 505 g/mol. The fraction of sp³-hybridized carbons (Fsp3) is 0.464. The summed E-state index contributed by atoms with van der Waals surface area (Å²) in [6.45, 7) is 14.3. The Labute approximate surface area is 212 Å². The van der Waals surface area contributed by atoms with Gasteiger partial charge in [0.05, 0.1) is 17.2 Å². The summed E-state index contributed by atoms with van der Waals surface area (Å²) >= 11 is 13.0. The minimum Gasteiger partial charge on any atom is -0.480 e. The quantitative estimate of drug-likeness (QED) is 0.388. The Bertz CT molecular complexity index is 1060. The second-order valence-electron chi connectivity index (χ2n) is 10.2. The molecule has 0 bridgehead atoms. The molecule has 1 aliphatic heterocycles. The lowest BCUT2D eigenvalue weighted by Gasteiger charge is -2.43. The Balaban J connectivity index is 2.11. The van der Waals surface area contributed by atoms with Crippen LogP contribution in [0.4, 0.5) is 0 Å². The number of carbonyl (C=O) groups is 1. The fourth-order valence-corrected chi connectivity index (χ4v) is 5.17. The van der Waals surface area contributed by atoms with E-state index >= 15 is 0 Å². The van der Waals surface area contributed by atoms with Crippen LogP contribution in [0.3, 0.4) is 0 Å². The first kappa shape index (κ1) is 26.6. The van der Waals surface area contributed by atoms with Gasteiger partial charge in [0.1, 0.15) is 5.75 Å². The Morgan fingerprint density at radius 1 is 1.24 bits per heavy atom.